The summed E-state index contributed by atoms with van der Waals surface area (Å²) in [5.74, 6) is 0. The Labute approximate surface area is 117 Å². The first-order chi connectivity index (χ1) is 9.25. The SMILES string of the molecule is CC(C)N(C)CCNc1ccc(C(F)(F)F)c(C#N)c1. The first-order valence-corrected chi connectivity index (χ1v) is 6.31. The normalized spacial score (nSPS) is 11.8. The van der Waals surface area contributed by atoms with Crippen molar-refractivity contribution >= 4 is 5.69 Å². The fourth-order valence-electron chi connectivity index (χ4n) is 1.63. The molecule has 0 fully saturated rings. The molecule has 110 valence electrons. The predicted molar refractivity (Wildman–Crippen MR) is 72.4 cm³/mol. The van der Waals surface area contributed by atoms with Gasteiger partial charge in [0.05, 0.1) is 17.2 Å². The molecule has 0 aliphatic heterocycles. The van der Waals surface area contributed by atoms with Crippen LogP contribution >= 0.6 is 0 Å². The zero-order chi connectivity index (χ0) is 15.3. The van der Waals surface area contributed by atoms with Gasteiger partial charge in [-0.15, -0.1) is 0 Å². The van der Waals surface area contributed by atoms with E-state index in [0.29, 0.717) is 18.3 Å². The van der Waals surface area contributed by atoms with Crippen molar-refractivity contribution in [2.75, 3.05) is 25.5 Å². The van der Waals surface area contributed by atoms with Gasteiger partial charge in [0.15, 0.2) is 0 Å². The minimum atomic E-state index is -4.50. The maximum atomic E-state index is 12.6. The summed E-state index contributed by atoms with van der Waals surface area (Å²) in [6, 6.07) is 5.51. The van der Waals surface area contributed by atoms with Crippen molar-refractivity contribution in [1.29, 1.82) is 5.26 Å². The molecule has 1 aromatic carbocycles. The van der Waals surface area contributed by atoms with Crippen LogP contribution in [0.25, 0.3) is 0 Å². The topological polar surface area (TPSA) is 39.1 Å². The molecule has 0 saturated heterocycles. The number of nitrogens with one attached hydrogen (secondary N) is 1. The molecule has 0 atom stereocenters. The van der Waals surface area contributed by atoms with Crippen LogP contribution in [0.3, 0.4) is 0 Å². The number of benzene rings is 1. The minimum Gasteiger partial charge on any atom is -0.384 e. The maximum absolute atomic E-state index is 12.6. The number of nitrogens with zero attached hydrogens (tertiary/aromatic N) is 2. The zero-order valence-corrected chi connectivity index (χ0v) is 11.8. The van der Waals surface area contributed by atoms with Gasteiger partial charge in [0, 0.05) is 24.8 Å². The van der Waals surface area contributed by atoms with E-state index < -0.39 is 11.7 Å². The molecule has 0 spiro atoms. The molecular formula is C14H18F3N3. The van der Waals surface area contributed by atoms with Crippen LogP contribution in [0.1, 0.15) is 25.0 Å². The third-order valence-electron chi connectivity index (χ3n) is 3.12. The molecule has 0 aliphatic rings. The number of nitriles is 1. The molecule has 6 heteroatoms. The van der Waals surface area contributed by atoms with Crippen LogP contribution in [0.2, 0.25) is 0 Å². The highest BCUT2D eigenvalue weighted by Gasteiger charge is 2.33. The van der Waals surface area contributed by atoms with Crippen molar-refractivity contribution in [3.8, 4) is 6.07 Å². The molecule has 3 nitrogen and oxygen atoms in total. The first-order valence-electron chi connectivity index (χ1n) is 6.31. The molecule has 1 aromatic rings. The minimum absolute atomic E-state index is 0.361. The number of anilines is 1. The average Bonchev–Trinajstić information content (AvgIpc) is 2.36. The lowest BCUT2D eigenvalue weighted by atomic mass is 10.1. The summed E-state index contributed by atoms with van der Waals surface area (Å²) >= 11 is 0. The molecule has 0 heterocycles. The molecule has 0 aliphatic carbocycles. The van der Waals surface area contributed by atoms with E-state index in [-0.39, 0.29) is 5.56 Å². The van der Waals surface area contributed by atoms with Gasteiger partial charge in [0.1, 0.15) is 0 Å². The summed E-state index contributed by atoms with van der Waals surface area (Å²) < 4.78 is 37.9. The van der Waals surface area contributed by atoms with E-state index in [0.717, 1.165) is 12.6 Å². The number of likely N-dealkylation sites (N-methyl/N-ethyl adjacent to an activating group) is 1. The number of alkyl halides is 3. The van der Waals surface area contributed by atoms with Crippen molar-refractivity contribution in [1.82, 2.24) is 4.90 Å². The molecule has 0 saturated carbocycles. The van der Waals surface area contributed by atoms with Gasteiger partial charge in [-0.2, -0.15) is 18.4 Å². The van der Waals surface area contributed by atoms with Gasteiger partial charge in [-0.1, -0.05) is 0 Å². The summed E-state index contributed by atoms with van der Waals surface area (Å²) in [6.07, 6.45) is -4.50. The van der Waals surface area contributed by atoms with Crippen molar-refractivity contribution in [3.05, 3.63) is 29.3 Å². The van der Waals surface area contributed by atoms with Gasteiger partial charge in [0.25, 0.3) is 0 Å². The second-order valence-corrected chi connectivity index (χ2v) is 4.87. The van der Waals surface area contributed by atoms with Crippen molar-refractivity contribution in [3.63, 3.8) is 0 Å². The van der Waals surface area contributed by atoms with Gasteiger partial charge >= 0.3 is 6.18 Å². The smallest absolute Gasteiger partial charge is 0.384 e. The van der Waals surface area contributed by atoms with Crippen molar-refractivity contribution in [2.45, 2.75) is 26.1 Å². The maximum Gasteiger partial charge on any atom is 0.417 e. The lowest BCUT2D eigenvalue weighted by molar-refractivity contribution is -0.137. The van der Waals surface area contributed by atoms with Crippen LogP contribution in [-0.2, 0) is 6.18 Å². The number of rotatable bonds is 5. The highest BCUT2D eigenvalue weighted by atomic mass is 19.4. The Morgan fingerprint density at radius 2 is 2.00 bits per heavy atom. The molecule has 1 rings (SSSR count). The van der Waals surface area contributed by atoms with Crippen LogP contribution in [0.15, 0.2) is 18.2 Å². The van der Waals surface area contributed by atoms with Crippen molar-refractivity contribution < 1.29 is 13.2 Å². The summed E-state index contributed by atoms with van der Waals surface area (Å²) in [5.41, 5.74) is -0.740. The van der Waals surface area contributed by atoms with Gasteiger partial charge in [-0.3, -0.25) is 0 Å². The third kappa shape index (κ3) is 4.42. The Balaban J connectivity index is 2.73. The van der Waals surface area contributed by atoms with Crippen LogP contribution in [0, 0.1) is 11.3 Å². The van der Waals surface area contributed by atoms with E-state index in [1.54, 1.807) is 6.07 Å². The quantitative estimate of drug-likeness (QED) is 0.902. The van der Waals surface area contributed by atoms with E-state index in [4.69, 9.17) is 5.26 Å². The summed E-state index contributed by atoms with van der Waals surface area (Å²) in [7, 11) is 1.97. The molecule has 0 radical (unpaired) electrons. The summed E-state index contributed by atoms with van der Waals surface area (Å²) in [5, 5.41) is 11.8. The predicted octanol–water partition coefficient (Wildman–Crippen LogP) is 3.33. The zero-order valence-electron chi connectivity index (χ0n) is 11.8. The van der Waals surface area contributed by atoms with Gasteiger partial charge in [0.2, 0.25) is 0 Å². The second-order valence-electron chi connectivity index (χ2n) is 4.87. The van der Waals surface area contributed by atoms with Crippen molar-refractivity contribution in [2.24, 2.45) is 0 Å². The van der Waals surface area contributed by atoms with Crippen LogP contribution in [-0.4, -0.2) is 31.1 Å². The average molecular weight is 285 g/mol. The van der Waals surface area contributed by atoms with Crippen LogP contribution in [0.4, 0.5) is 18.9 Å². The monoisotopic (exact) mass is 285 g/mol. The number of hydrogen-bond acceptors (Lipinski definition) is 3. The molecule has 0 unspecified atom stereocenters. The Kier molecular flexibility index (Phi) is 5.40. The Morgan fingerprint density at radius 1 is 1.35 bits per heavy atom. The molecular weight excluding hydrogens is 267 g/mol. The Morgan fingerprint density at radius 3 is 2.50 bits per heavy atom. The number of hydrogen-bond donors (Lipinski definition) is 1. The molecule has 1 N–H and O–H groups in total. The van der Waals surface area contributed by atoms with Crippen LogP contribution in [0.5, 0.6) is 0 Å². The van der Waals surface area contributed by atoms with E-state index in [1.807, 2.05) is 7.05 Å². The highest BCUT2D eigenvalue weighted by molar-refractivity contribution is 5.53. The summed E-state index contributed by atoms with van der Waals surface area (Å²) in [6.45, 7) is 5.49. The fraction of sp³-hybridized carbons (Fsp3) is 0.500. The van der Waals surface area contributed by atoms with Crippen LogP contribution < -0.4 is 5.32 Å². The van der Waals surface area contributed by atoms with Gasteiger partial charge < -0.3 is 10.2 Å². The largest absolute Gasteiger partial charge is 0.417 e. The van der Waals surface area contributed by atoms with Gasteiger partial charge in [-0.05, 0) is 39.1 Å². The van der Waals surface area contributed by atoms with E-state index in [9.17, 15) is 13.2 Å². The molecule has 20 heavy (non-hydrogen) atoms. The molecule has 0 aromatic heterocycles. The highest BCUT2D eigenvalue weighted by Crippen LogP contribution is 2.32. The van der Waals surface area contributed by atoms with Gasteiger partial charge in [-0.25, -0.2) is 0 Å². The first kappa shape index (κ1) is 16.3. The molecule has 0 bridgehead atoms. The lowest BCUT2D eigenvalue weighted by Gasteiger charge is -2.21. The number of halogens is 3. The second kappa shape index (κ2) is 6.62. The fourth-order valence-corrected chi connectivity index (χ4v) is 1.63. The summed E-state index contributed by atoms with van der Waals surface area (Å²) in [4.78, 5) is 2.11. The lowest BCUT2D eigenvalue weighted by Crippen LogP contribution is -2.31. The van der Waals surface area contributed by atoms with E-state index in [1.165, 1.54) is 12.1 Å². The Bertz CT molecular complexity index is 489. The van der Waals surface area contributed by atoms with E-state index in [2.05, 4.69) is 24.1 Å². The Hall–Kier alpha value is -1.74. The van der Waals surface area contributed by atoms with E-state index >= 15 is 0 Å². The third-order valence-corrected chi connectivity index (χ3v) is 3.12. The standard InChI is InChI=1S/C14H18F3N3/c1-10(2)20(3)7-6-19-12-4-5-13(14(15,16)17)11(8-12)9-18/h4-5,8,10,19H,6-7H2,1-3H3. The molecule has 0 amide bonds.